The van der Waals surface area contributed by atoms with Gasteiger partial charge in [-0.15, -0.1) is 0 Å². The third-order valence-corrected chi connectivity index (χ3v) is 3.63. The summed E-state index contributed by atoms with van der Waals surface area (Å²) in [6, 6.07) is 4.23. The summed E-state index contributed by atoms with van der Waals surface area (Å²) in [4.78, 5) is 18.7. The number of rotatable bonds is 2. The van der Waals surface area contributed by atoms with E-state index in [1.165, 1.54) is 0 Å². The lowest BCUT2D eigenvalue weighted by Crippen LogP contribution is -2.36. The number of aromatic nitrogens is 3. The Morgan fingerprint density at radius 2 is 2.25 bits per heavy atom. The lowest BCUT2D eigenvalue weighted by molar-refractivity contribution is 0.0733. The van der Waals surface area contributed by atoms with E-state index >= 15 is 0 Å². The lowest BCUT2D eigenvalue weighted by atomic mass is 10.1. The Kier molecular flexibility index (Phi) is 3.26. The molecule has 5 nitrogen and oxygen atoms in total. The number of nitrogens with zero attached hydrogens (tertiary/aromatic N) is 4. The number of carbonyl (C=O) groups excluding carboxylic acids is 1. The molecule has 20 heavy (non-hydrogen) atoms. The molecule has 0 atom stereocenters. The molecule has 0 aliphatic carbocycles. The third-order valence-electron chi connectivity index (χ3n) is 3.63. The highest BCUT2D eigenvalue weighted by Gasteiger charge is 2.23. The van der Waals surface area contributed by atoms with E-state index in [4.69, 9.17) is 0 Å². The molecule has 0 saturated carbocycles. The summed E-state index contributed by atoms with van der Waals surface area (Å²) in [7, 11) is 0. The average Bonchev–Trinajstić information content (AvgIpc) is 2.96. The van der Waals surface area contributed by atoms with Crippen LogP contribution in [-0.2, 0) is 13.0 Å². The van der Waals surface area contributed by atoms with Gasteiger partial charge in [-0.1, -0.05) is 6.07 Å². The molecule has 2 aromatic rings. The van der Waals surface area contributed by atoms with Crippen LogP contribution >= 0.6 is 0 Å². The zero-order valence-electron chi connectivity index (χ0n) is 11.8. The van der Waals surface area contributed by atoms with Gasteiger partial charge in [-0.2, -0.15) is 5.10 Å². The van der Waals surface area contributed by atoms with Crippen molar-refractivity contribution in [3.8, 4) is 0 Å². The number of pyridine rings is 1. The van der Waals surface area contributed by atoms with E-state index in [-0.39, 0.29) is 11.9 Å². The number of amides is 1. The van der Waals surface area contributed by atoms with E-state index in [1.54, 1.807) is 6.20 Å². The van der Waals surface area contributed by atoms with Crippen LogP contribution in [0.5, 0.6) is 0 Å². The largest absolute Gasteiger partial charge is 0.334 e. The molecule has 0 unspecified atom stereocenters. The molecule has 104 valence electrons. The van der Waals surface area contributed by atoms with Gasteiger partial charge in [-0.05, 0) is 25.5 Å². The lowest BCUT2D eigenvalue weighted by Gasteiger charge is -2.27. The fourth-order valence-corrected chi connectivity index (χ4v) is 2.45. The zero-order chi connectivity index (χ0) is 14.1. The quantitative estimate of drug-likeness (QED) is 0.839. The van der Waals surface area contributed by atoms with Crippen LogP contribution in [0.4, 0.5) is 0 Å². The summed E-state index contributed by atoms with van der Waals surface area (Å²) < 4.78 is 1.81. The minimum atomic E-state index is 0.0476. The fraction of sp³-hybridized carbons (Fsp3) is 0.400. The van der Waals surface area contributed by atoms with Gasteiger partial charge in [0.1, 0.15) is 0 Å². The van der Waals surface area contributed by atoms with Crippen molar-refractivity contribution < 1.29 is 4.79 Å². The van der Waals surface area contributed by atoms with Gasteiger partial charge in [0.25, 0.3) is 5.91 Å². The monoisotopic (exact) mass is 270 g/mol. The minimum Gasteiger partial charge on any atom is -0.334 e. The molecule has 5 heteroatoms. The maximum Gasteiger partial charge on any atom is 0.257 e. The molecular weight excluding hydrogens is 252 g/mol. The van der Waals surface area contributed by atoms with Crippen molar-refractivity contribution in [2.45, 2.75) is 32.9 Å². The fourth-order valence-electron chi connectivity index (χ4n) is 2.45. The van der Waals surface area contributed by atoms with Gasteiger partial charge >= 0.3 is 0 Å². The Morgan fingerprint density at radius 3 is 3.00 bits per heavy atom. The molecule has 1 amide bonds. The van der Waals surface area contributed by atoms with Crippen molar-refractivity contribution >= 4 is 5.91 Å². The van der Waals surface area contributed by atoms with Gasteiger partial charge in [0.05, 0.1) is 11.8 Å². The van der Waals surface area contributed by atoms with E-state index in [9.17, 15) is 4.79 Å². The highest BCUT2D eigenvalue weighted by Crippen LogP contribution is 2.18. The molecule has 0 saturated heterocycles. The van der Waals surface area contributed by atoms with Gasteiger partial charge in [-0.3, -0.25) is 14.5 Å². The van der Waals surface area contributed by atoms with Crippen LogP contribution in [0.1, 0.15) is 41.5 Å². The first-order valence-corrected chi connectivity index (χ1v) is 6.91. The van der Waals surface area contributed by atoms with Crippen molar-refractivity contribution in [1.29, 1.82) is 0 Å². The second-order valence-electron chi connectivity index (χ2n) is 5.39. The van der Waals surface area contributed by atoms with Crippen LogP contribution in [0.2, 0.25) is 0 Å². The smallest absolute Gasteiger partial charge is 0.257 e. The van der Waals surface area contributed by atoms with Crippen LogP contribution in [0.25, 0.3) is 0 Å². The first-order chi connectivity index (χ1) is 9.65. The molecule has 0 aromatic carbocycles. The summed E-state index contributed by atoms with van der Waals surface area (Å²) in [5.74, 6) is 0.0476. The number of carbonyl (C=O) groups is 1. The Balaban J connectivity index is 1.78. The van der Waals surface area contributed by atoms with Crippen LogP contribution in [0, 0.1) is 0 Å². The van der Waals surface area contributed by atoms with Crippen LogP contribution in [0.3, 0.4) is 0 Å². The highest BCUT2D eigenvalue weighted by molar-refractivity contribution is 5.93. The average molecular weight is 270 g/mol. The zero-order valence-corrected chi connectivity index (χ0v) is 11.8. The normalized spacial score (nSPS) is 14.4. The maximum absolute atomic E-state index is 12.5. The van der Waals surface area contributed by atoms with Gasteiger partial charge in [-0.25, -0.2) is 0 Å². The number of hydrogen-bond donors (Lipinski definition) is 0. The second-order valence-corrected chi connectivity index (χ2v) is 5.39. The first kappa shape index (κ1) is 12.8. The summed E-state index contributed by atoms with van der Waals surface area (Å²) in [6.07, 6.45) is 6.11. The van der Waals surface area contributed by atoms with Crippen molar-refractivity contribution in [3.05, 3.63) is 47.5 Å². The third kappa shape index (κ3) is 2.31. The molecule has 1 aliphatic rings. The Bertz CT molecular complexity index is 632. The SMILES string of the molecule is CC(C)n1cc(C(=O)N2CCc3ncccc3C2)cn1. The Morgan fingerprint density at radius 1 is 1.40 bits per heavy atom. The second kappa shape index (κ2) is 5.07. The predicted molar refractivity (Wildman–Crippen MR) is 75.3 cm³/mol. The topological polar surface area (TPSA) is 51.0 Å². The van der Waals surface area contributed by atoms with Crippen molar-refractivity contribution in [1.82, 2.24) is 19.7 Å². The summed E-state index contributed by atoms with van der Waals surface area (Å²) in [5.41, 5.74) is 2.91. The Labute approximate surface area is 118 Å². The molecular formula is C15H18N4O. The molecule has 1 aliphatic heterocycles. The molecule has 0 spiro atoms. The van der Waals surface area contributed by atoms with Crippen LogP contribution < -0.4 is 0 Å². The molecule has 0 radical (unpaired) electrons. The van der Waals surface area contributed by atoms with Gasteiger partial charge in [0.15, 0.2) is 0 Å². The minimum absolute atomic E-state index is 0.0476. The van der Waals surface area contributed by atoms with Gasteiger partial charge in [0, 0.05) is 43.6 Å². The Hall–Kier alpha value is -2.17. The molecule has 0 bridgehead atoms. The predicted octanol–water partition coefficient (Wildman–Crippen LogP) is 2.06. The van der Waals surface area contributed by atoms with E-state index in [0.29, 0.717) is 12.1 Å². The maximum atomic E-state index is 12.5. The van der Waals surface area contributed by atoms with Crippen LogP contribution in [0.15, 0.2) is 30.7 Å². The van der Waals surface area contributed by atoms with E-state index in [2.05, 4.69) is 10.1 Å². The molecule has 2 aromatic heterocycles. The number of fused-ring (bicyclic) bond motifs is 1. The van der Waals surface area contributed by atoms with Gasteiger partial charge in [0.2, 0.25) is 0 Å². The molecule has 3 rings (SSSR count). The van der Waals surface area contributed by atoms with E-state index < -0.39 is 0 Å². The van der Waals surface area contributed by atoms with Gasteiger partial charge < -0.3 is 4.90 Å². The molecule has 0 N–H and O–H groups in total. The molecule has 0 fully saturated rings. The number of hydrogen-bond acceptors (Lipinski definition) is 3. The molecule has 3 heterocycles. The van der Waals surface area contributed by atoms with E-state index in [0.717, 1.165) is 24.2 Å². The van der Waals surface area contributed by atoms with Crippen LogP contribution in [-0.4, -0.2) is 32.1 Å². The summed E-state index contributed by atoms with van der Waals surface area (Å²) in [5, 5.41) is 4.23. The van der Waals surface area contributed by atoms with Crippen molar-refractivity contribution in [2.24, 2.45) is 0 Å². The van der Waals surface area contributed by atoms with E-state index in [1.807, 2.05) is 48.0 Å². The van der Waals surface area contributed by atoms with Crippen molar-refractivity contribution in [2.75, 3.05) is 6.54 Å². The first-order valence-electron chi connectivity index (χ1n) is 6.91. The summed E-state index contributed by atoms with van der Waals surface area (Å²) >= 11 is 0. The summed E-state index contributed by atoms with van der Waals surface area (Å²) in [6.45, 7) is 5.44. The van der Waals surface area contributed by atoms with Crippen molar-refractivity contribution in [3.63, 3.8) is 0 Å². The standard InChI is InChI=1S/C15H18N4O/c1-11(2)19-10-13(8-17-19)15(20)18-7-5-14-12(9-18)4-3-6-16-14/h3-4,6,8,10-11H,5,7,9H2,1-2H3. The highest BCUT2D eigenvalue weighted by atomic mass is 16.2.